The molecule has 0 bridgehead atoms. The minimum absolute atomic E-state index is 0.0756. The molecular weight excluding hydrogens is 478 g/mol. The van der Waals surface area contributed by atoms with E-state index in [0.717, 1.165) is 43.7 Å². The maximum Gasteiger partial charge on any atom is 0.348 e. The molecule has 1 aliphatic rings. The van der Waals surface area contributed by atoms with Crippen LogP contribution in [0, 0.1) is 28.4 Å². The van der Waals surface area contributed by atoms with Crippen molar-refractivity contribution in [2.24, 2.45) is 0 Å². The third kappa shape index (κ3) is 5.49. The van der Waals surface area contributed by atoms with Gasteiger partial charge in [0.2, 0.25) is 0 Å². The summed E-state index contributed by atoms with van der Waals surface area (Å²) in [6.07, 6.45) is 3.02. The number of carbonyl (C=O) groups is 2. The summed E-state index contributed by atoms with van der Waals surface area (Å²) < 4.78 is 5.01. The molecule has 1 aromatic heterocycles. The number of nitro benzene ring substituents is 1. The van der Waals surface area contributed by atoms with Crippen LogP contribution in [-0.2, 0) is 4.74 Å². The van der Waals surface area contributed by atoms with Crippen LogP contribution >= 0.6 is 23.6 Å². The van der Waals surface area contributed by atoms with Gasteiger partial charge in [-0.05, 0) is 63.0 Å². The molecule has 0 radical (unpaired) electrons. The molecule has 0 saturated carbocycles. The first-order valence-corrected chi connectivity index (χ1v) is 11.9. The zero-order valence-corrected chi connectivity index (χ0v) is 20.3. The SMILES string of the molecule is CCOC(=O)c1sc(NC(=S)NC(=O)c2ccc(N3CCCCC3)c([N+](=O)[O-])c2)c(C#N)c1C. The van der Waals surface area contributed by atoms with Gasteiger partial charge < -0.3 is 15.0 Å². The van der Waals surface area contributed by atoms with Crippen LogP contribution in [0.25, 0.3) is 0 Å². The summed E-state index contributed by atoms with van der Waals surface area (Å²) in [5, 5.41) is 26.5. The van der Waals surface area contributed by atoms with Crippen LogP contribution in [0.3, 0.4) is 0 Å². The fraction of sp³-hybridized carbons (Fsp3) is 0.364. The van der Waals surface area contributed by atoms with Crippen molar-refractivity contribution in [1.82, 2.24) is 5.32 Å². The normalized spacial score (nSPS) is 13.0. The fourth-order valence-corrected chi connectivity index (χ4v) is 4.97. The lowest BCUT2D eigenvalue weighted by Gasteiger charge is -2.28. The molecule has 2 heterocycles. The number of ether oxygens (including phenoxy) is 1. The molecule has 2 N–H and O–H groups in total. The summed E-state index contributed by atoms with van der Waals surface area (Å²) >= 11 is 6.19. The zero-order valence-electron chi connectivity index (χ0n) is 18.7. The van der Waals surface area contributed by atoms with E-state index in [1.807, 2.05) is 11.0 Å². The van der Waals surface area contributed by atoms with Gasteiger partial charge in [-0.25, -0.2) is 4.79 Å². The monoisotopic (exact) mass is 501 g/mol. The maximum absolute atomic E-state index is 12.7. The quantitative estimate of drug-likeness (QED) is 0.259. The largest absolute Gasteiger partial charge is 0.462 e. The van der Waals surface area contributed by atoms with E-state index in [2.05, 4.69) is 10.6 Å². The van der Waals surface area contributed by atoms with Crippen molar-refractivity contribution >= 4 is 56.9 Å². The van der Waals surface area contributed by atoms with E-state index < -0.39 is 16.8 Å². The summed E-state index contributed by atoms with van der Waals surface area (Å²) in [6.45, 7) is 4.96. The number of thiophene rings is 1. The average Bonchev–Trinajstić information content (AvgIpc) is 3.13. The highest BCUT2D eigenvalue weighted by Gasteiger charge is 2.25. The number of esters is 1. The number of thiocarbonyl (C=S) groups is 1. The highest BCUT2D eigenvalue weighted by atomic mass is 32.1. The van der Waals surface area contributed by atoms with Crippen LogP contribution in [0.5, 0.6) is 0 Å². The molecule has 12 heteroatoms. The zero-order chi connectivity index (χ0) is 24.8. The van der Waals surface area contributed by atoms with Gasteiger partial charge in [-0.2, -0.15) is 5.26 Å². The van der Waals surface area contributed by atoms with Crippen LogP contribution < -0.4 is 15.5 Å². The lowest BCUT2D eigenvalue weighted by atomic mass is 10.1. The molecule has 1 aromatic carbocycles. The third-order valence-electron chi connectivity index (χ3n) is 5.30. The maximum atomic E-state index is 12.7. The second kappa shape index (κ2) is 11.0. The van der Waals surface area contributed by atoms with E-state index in [4.69, 9.17) is 17.0 Å². The van der Waals surface area contributed by atoms with Crippen LogP contribution in [0.2, 0.25) is 0 Å². The predicted octanol–water partition coefficient (Wildman–Crippen LogP) is 4.13. The number of piperidine rings is 1. The molecule has 1 amide bonds. The Morgan fingerprint density at radius 2 is 2.03 bits per heavy atom. The van der Waals surface area contributed by atoms with Gasteiger partial charge in [-0.3, -0.25) is 20.2 Å². The number of benzene rings is 1. The molecule has 0 aliphatic carbocycles. The molecular formula is C22H23N5O5S2. The Morgan fingerprint density at radius 1 is 1.32 bits per heavy atom. The van der Waals surface area contributed by atoms with Crippen molar-refractivity contribution in [1.29, 1.82) is 5.26 Å². The van der Waals surface area contributed by atoms with E-state index >= 15 is 0 Å². The molecule has 1 aliphatic heterocycles. The van der Waals surface area contributed by atoms with Crippen molar-refractivity contribution in [3.63, 3.8) is 0 Å². The first-order valence-electron chi connectivity index (χ1n) is 10.6. The van der Waals surface area contributed by atoms with E-state index in [1.165, 1.54) is 12.1 Å². The Labute approximate surface area is 205 Å². The van der Waals surface area contributed by atoms with Gasteiger partial charge in [0.05, 0.1) is 17.1 Å². The van der Waals surface area contributed by atoms with Crippen molar-refractivity contribution in [2.75, 3.05) is 29.9 Å². The number of amides is 1. The van der Waals surface area contributed by atoms with Crippen molar-refractivity contribution in [2.45, 2.75) is 33.1 Å². The number of nitro groups is 1. The molecule has 0 atom stereocenters. The first-order chi connectivity index (χ1) is 16.3. The predicted molar refractivity (Wildman–Crippen MR) is 133 cm³/mol. The Hall–Kier alpha value is -3.56. The summed E-state index contributed by atoms with van der Waals surface area (Å²) in [7, 11) is 0. The van der Waals surface area contributed by atoms with E-state index in [0.29, 0.717) is 16.3 Å². The Morgan fingerprint density at radius 3 is 2.65 bits per heavy atom. The van der Waals surface area contributed by atoms with Crippen LogP contribution in [0.4, 0.5) is 16.4 Å². The van der Waals surface area contributed by atoms with Gasteiger partial charge in [-0.1, -0.05) is 0 Å². The lowest BCUT2D eigenvalue weighted by Crippen LogP contribution is -2.34. The smallest absolute Gasteiger partial charge is 0.348 e. The molecule has 0 unspecified atom stereocenters. The lowest BCUT2D eigenvalue weighted by molar-refractivity contribution is -0.384. The minimum Gasteiger partial charge on any atom is -0.462 e. The molecule has 10 nitrogen and oxygen atoms in total. The topological polar surface area (TPSA) is 138 Å². The second-order valence-electron chi connectivity index (χ2n) is 7.51. The number of rotatable bonds is 6. The standard InChI is InChI=1S/C22H23N5O5S2/c1-3-32-21(29)18-13(2)15(12-23)20(34-18)25-22(33)24-19(28)14-7-8-16(17(11-14)27(30)31)26-9-5-4-6-10-26/h7-8,11H,3-6,9-10H2,1-2H3,(H2,24,25,28,33). The molecule has 34 heavy (non-hydrogen) atoms. The number of nitrogens with one attached hydrogen (secondary N) is 2. The minimum atomic E-state index is -0.636. The Balaban J connectivity index is 1.76. The highest BCUT2D eigenvalue weighted by molar-refractivity contribution is 7.80. The van der Waals surface area contributed by atoms with Gasteiger partial charge in [0.25, 0.3) is 11.6 Å². The van der Waals surface area contributed by atoms with Crippen LogP contribution in [0.15, 0.2) is 18.2 Å². The summed E-state index contributed by atoms with van der Waals surface area (Å²) in [4.78, 5) is 38.2. The molecule has 3 rings (SSSR count). The van der Waals surface area contributed by atoms with Crippen molar-refractivity contribution in [3.8, 4) is 6.07 Å². The van der Waals surface area contributed by atoms with Crippen LogP contribution in [-0.4, -0.2) is 41.6 Å². The summed E-state index contributed by atoms with van der Waals surface area (Å²) in [6, 6.07) is 6.35. The average molecular weight is 502 g/mol. The van der Waals surface area contributed by atoms with Crippen molar-refractivity contribution < 1.29 is 19.2 Å². The Kier molecular flexibility index (Phi) is 8.14. The summed E-state index contributed by atoms with van der Waals surface area (Å²) in [5.41, 5.74) is 1.08. The van der Waals surface area contributed by atoms with Gasteiger partial charge in [0, 0.05) is 24.7 Å². The number of nitrogens with zero attached hydrogens (tertiary/aromatic N) is 3. The molecule has 178 valence electrons. The number of nitriles is 1. The van der Waals surface area contributed by atoms with E-state index in [-0.39, 0.29) is 33.4 Å². The van der Waals surface area contributed by atoms with Gasteiger partial charge in [0.1, 0.15) is 21.6 Å². The first kappa shape index (κ1) is 25.1. The van der Waals surface area contributed by atoms with Crippen LogP contribution in [0.1, 0.15) is 57.3 Å². The molecule has 0 spiro atoms. The number of anilines is 2. The highest BCUT2D eigenvalue weighted by Crippen LogP contribution is 2.33. The molecule has 1 fully saturated rings. The summed E-state index contributed by atoms with van der Waals surface area (Å²) in [5.74, 6) is -1.19. The number of hydrogen-bond acceptors (Lipinski definition) is 9. The molecule has 1 saturated heterocycles. The number of hydrogen-bond donors (Lipinski definition) is 2. The fourth-order valence-electron chi connectivity index (χ4n) is 3.65. The van der Waals surface area contributed by atoms with Gasteiger partial charge in [-0.15, -0.1) is 11.3 Å². The molecule has 2 aromatic rings. The van der Waals surface area contributed by atoms with Crippen molar-refractivity contribution in [3.05, 3.63) is 49.9 Å². The van der Waals surface area contributed by atoms with E-state index in [1.54, 1.807) is 19.9 Å². The Bertz CT molecular complexity index is 1180. The van der Waals surface area contributed by atoms with Gasteiger partial charge >= 0.3 is 5.97 Å². The number of carbonyl (C=O) groups excluding carboxylic acids is 2. The van der Waals surface area contributed by atoms with Gasteiger partial charge in [0.15, 0.2) is 5.11 Å². The second-order valence-corrected chi connectivity index (χ2v) is 8.94. The third-order valence-corrected chi connectivity index (χ3v) is 6.70. The van der Waals surface area contributed by atoms with E-state index in [9.17, 15) is 25.0 Å².